The first kappa shape index (κ1) is 14.5. The number of nitrogens with zero attached hydrogens (tertiary/aromatic N) is 1. The lowest BCUT2D eigenvalue weighted by atomic mass is 9.96. The first-order valence-electron chi connectivity index (χ1n) is 7.12. The van der Waals surface area contributed by atoms with Crippen LogP contribution < -0.4 is 5.32 Å². The number of hydrogen-bond donors (Lipinski definition) is 1. The summed E-state index contributed by atoms with van der Waals surface area (Å²) >= 11 is 2.41. The van der Waals surface area contributed by atoms with Gasteiger partial charge in [-0.2, -0.15) is 0 Å². The molecule has 3 rings (SSSR count). The number of para-hydroxylation sites is 1. The number of hydrogen-bond acceptors (Lipinski definition) is 2. The van der Waals surface area contributed by atoms with Gasteiger partial charge in [0.25, 0.3) is 0 Å². The zero-order valence-corrected chi connectivity index (χ0v) is 14.0. The summed E-state index contributed by atoms with van der Waals surface area (Å²) in [7, 11) is 0. The van der Waals surface area contributed by atoms with Crippen molar-refractivity contribution in [3.8, 4) is 0 Å². The van der Waals surface area contributed by atoms with Crippen LogP contribution in [0.4, 0.5) is 0 Å². The Morgan fingerprint density at radius 3 is 2.57 bits per heavy atom. The fourth-order valence-electron chi connectivity index (χ4n) is 2.66. The molecule has 1 heterocycles. The van der Waals surface area contributed by atoms with Gasteiger partial charge in [-0.05, 0) is 52.4 Å². The number of rotatable bonds is 4. The summed E-state index contributed by atoms with van der Waals surface area (Å²) in [6.07, 6.45) is 1.87. The van der Waals surface area contributed by atoms with E-state index in [0.717, 1.165) is 12.1 Å². The number of pyridine rings is 1. The predicted octanol–water partition coefficient (Wildman–Crippen LogP) is 4.54. The van der Waals surface area contributed by atoms with E-state index in [1.165, 1.54) is 20.1 Å². The highest BCUT2D eigenvalue weighted by Gasteiger charge is 2.18. The Bertz CT molecular complexity index is 750. The van der Waals surface area contributed by atoms with Crippen molar-refractivity contribution in [3.63, 3.8) is 0 Å². The van der Waals surface area contributed by atoms with Crippen LogP contribution in [0.5, 0.6) is 0 Å². The number of fused-ring (bicyclic) bond motifs is 1. The fourth-order valence-corrected chi connectivity index (χ4v) is 3.36. The van der Waals surface area contributed by atoms with E-state index in [1.807, 2.05) is 12.3 Å². The summed E-state index contributed by atoms with van der Waals surface area (Å²) in [6, 6.07) is 19.2. The van der Waals surface area contributed by atoms with Gasteiger partial charge in [0.1, 0.15) is 0 Å². The summed E-state index contributed by atoms with van der Waals surface area (Å²) in [5, 5.41) is 4.79. The summed E-state index contributed by atoms with van der Waals surface area (Å²) < 4.78 is 1.27. The highest BCUT2D eigenvalue weighted by Crippen LogP contribution is 2.30. The summed E-state index contributed by atoms with van der Waals surface area (Å²) in [6.45, 7) is 3.06. The van der Waals surface area contributed by atoms with Gasteiger partial charge in [0.2, 0.25) is 0 Å². The van der Waals surface area contributed by atoms with E-state index >= 15 is 0 Å². The third-order valence-electron chi connectivity index (χ3n) is 3.60. The van der Waals surface area contributed by atoms with Crippen LogP contribution in [0.1, 0.15) is 24.1 Å². The van der Waals surface area contributed by atoms with E-state index in [2.05, 4.69) is 88.3 Å². The van der Waals surface area contributed by atoms with Crippen molar-refractivity contribution in [2.24, 2.45) is 0 Å². The molecule has 0 bridgehead atoms. The molecule has 1 aromatic heterocycles. The first-order chi connectivity index (χ1) is 10.3. The lowest BCUT2D eigenvalue weighted by molar-refractivity contribution is 0.631. The second kappa shape index (κ2) is 6.54. The Labute approximate surface area is 138 Å². The Morgan fingerprint density at radius 2 is 1.76 bits per heavy atom. The molecule has 0 spiro atoms. The predicted molar refractivity (Wildman–Crippen MR) is 96.4 cm³/mol. The summed E-state index contributed by atoms with van der Waals surface area (Å²) in [5.74, 6) is 0. The van der Waals surface area contributed by atoms with Gasteiger partial charge in [-0.15, -0.1) is 0 Å². The van der Waals surface area contributed by atoms with E-state index in [4.69, 9.17) is 0 Å². The van der Waals surface area contributed by atoms with Gasteiger partial charge in [0, 0.05) is 15.2 Å². The van der Waals surface area contributed by atoms with Crippen LogP contribution in [0.15, 0.2) is 60.8 Å². The van der Waals surface area contributed by atoms with Crippen LogP contribution in [-0.4, -0.2) is 11.5 Å². The Hall–Kier alpha value is -1.46. The maximum absolute atomic E-state index is 4.60. The van der Waals surface area contributed by atoms with E-state index in [1.54, 1.807) is 0 Å². The lowest BCUT2D eigenvalue weighted by Gasteiger charge is -2.21. The quantitative estimate of drug-likeness (QED) is 0.664. The molecule has 2 nitrogen and oxygen atoms in total. The molecule has 106 valence electrons. The molecular formula is C18H17IN2. The van der Waals surface area contributed by atoms with Gasteiger partial charge >= 0.3 is 0 Å². The van der Waals surface area contributed by atoms with Crippen molar-refractivity contribution in [1.82, 2.24) is 10.3 Å². The third-order valence-corrected chi connectivity index (χ3v) is 4.58. The van der Waals surface area contributed by atoms with Crippen molar-refractivity contribution in [2.75, 3.05) is 6.54 Å². The molecule has 0 aliphatic rings. The first-order valence-corrected chi connectivity index (χ1v) is 8.20. The zero-order chi connectivity index (χ0) is 14.7. The van der Waals surface area contributed by atoms with Gasteiger partial charge in [0.05, 0.1) is 11.6 Å². The monoisotopic (exact) mass is 388 g/mol. The smallest absolute Gasteiger partial charge is 0.0753 e. The molecule has 1 atom stereocenters. The fraction of sp³-hybridized carbons (Fsp3) is 0.167. The summed E-state index contributed by atoms with van der Waals surface area (Å²) in [4.78, 5) is 4.60. The number of benzene rings is 2. The molecule has 3 heteroatoms. The van der Waals surface area contributed by atoms with Gasteiger partial charge < -0.3 is 5.32 Å². The Balaban J connectivity index is 2.19. The molecule has 2 aromatic carbocycles. The average Bonchev–Trinajstić information content (AvgIpc) is 2.53. The maximum Gasteiger partial charge on any atom is 0.0753 e. The second-order valence-electron chi connectivity index (χ2n) is 4.93. The van der Waals surface area contributed by atoms with Gasteiger partial charge in [-0.25, -0.2) is 0 Å². The topological polar surface area (TPSA) is 24.9 Å². The van der Waals surface area contributed by atoms with Crippen LogP contribution in [0, 0.1) is 3.57 Å². The van der Waals surface area contributed by atoms with Crippen molar-refractivity contribution in [3.05, 3.63) is 75.5 Å². The standard InChI is InChI=1S/C18H17IN2/c1-2-20-18(14-9-3-4-11-16(14)19)15-10-5-7-13-8-6-12-21-17(13)15/h3-12,18,20H,2H2,1H3. The second-order valence-corrected chi connectivity index (χ2v) is 6.10. The van der Waals surface area contributed by atoms with Gasteiger partial charge in [-0.3, -0.25) is 4.98 Å². The van der Waals surface area contributed by atoms with Gasteiger partial charge in [0.15, 0.2) is 0 Å². The zero-order valence-electron chi connectivity index (χ0n) is 11.9. The molecule has 0 aliphatic carbocycles. The van der Waals surface area contributed by atoms with E-state index in [-0.39, 0.29) is 6.04 Å². The van der Waals surface area contributed by atoms with Crippen molar-refractivity contribution >= 4 is 33.5 Å². The molecule has 0 saturated heterocycles. The molecule has 21 heavy (non-hydrogen) atoms. The minimum Gasteiger partial charge on any atom is -0.306 e. The van der Waals surface area contributed by atoms with Crippen LogP contribution in [0.2, 0.25) is 0 Å². The SMILES string of the molecule is CCNC(c1ccccc1I)c1cccc2cccnc12. The van der Waals surface area contributed by atoms with Gasteiger partial charge in [-0.1, -0.05) is 49.4 Å². The van der Waals surface area contributed by atoms with Crippen molar-refractivity contribution in [1.29, 1.82) is 0 Å². The molecule has 0 aliphatic heterocycles. The van der Waals surface area contributed by atoms with E-state index in [0.29, 0.717) is 0 Å². The van der Waals surface area contributed by atoms with E-state index < -0.39 is 0 Å². The molecule has 1 unspecified atom stereocenters. The van der Waals surface area contributed by atoms with Crippen LogP contribution >= 0.6 is 22.6 Å². The molecule has 1 N–H and O–H groups in total. The highest BCUT2D eigenvalue weighted by atomic mass is 127. The minimum atomic E-state index is 0.168. The molecular weight excluding hydrogens is 371 g/mol. The molecule has 0 fully saturated rings. The number of nitrogens with one attached hydrogen (secondary N) is 1. The normalized spacial score (nSPS) is 12.5. The van der Waals surface area contributed by atoms with Crippen molar-refractivity contribution in [2.45, 2.75) is 13.0 Å². The van der Waals surface area contributed by atoms with E-state index in [9.17, 15) is 0 Å². The average molecular weight is 388 g/mol. The van der Waals surface area contributed by atoms with Crippen LogP contribution in [0.25, 0.3) is 10.9 Å². The number of halogens is 1. The molecule has 0 radical (unpaired) electrons. The Morgan fingerprint density at radius 1 is 1.00 bits per heavy atom. The largest absolute Gasteiger partial charge is 0.306 e. The molecule has 3 aromatic rings. The molecule has 0 amide bonds. The van der Waals surface area contributed by atoms with Crippen LogP contribution in [0.3, 0.4) is 0 Å². The maximum atomic E-state index is 4.60. The third kappa shape index (κ3) is 2.94. The highest BCUT2D eigenvalue weighted by molar-refractivity contribution is 14.1. The minimum absolute atomic E-state index is 0.168. The molecule has 0 saturated carbocycles. The summed E-state index contributed by atoms with van der Waals surface area (Å²) in [5.41, 5.74) is 3.61. The number of aromatic nitrogens is 1. The lowest BCUT2D eigenvalue weighted by Crippen LogP contribution is -2.23. The van der Waals surface area contributed by atoms with Crippen LogP contribution in [-0.2, 0) is 0 Å². The Kier molecular flexibility index (Phi) is 4.51. The van der Waals surface area contributed by atoms with Crippen molar-refractivity contribution < 1.29 is 0 Å².